The molecule has 5 aromatic rings. The van der Waals surface area contributed by atoms with E-state index in [1.165, 1.54) is 11.8 Å². The van der Waals surface area contributed by atoms with Crippen molar-refractivity contribution in [2.24, 2.45) is 0 Å². The van der Waals surface area contributed by atoms with E-state index in [4.69, 9.17) is 4.42 Å². The minimum Gasteiger partial charge on any atom is -0.451 e. The van der Waals surface area contributed by atoms with E-state index in [9.17, 15) is 4.79 Å². The number of nitrogens with one attached hydrogen (secondary N) is 1. The molecular formula is C25H23N5O2S. The predicted molar refractivity (Wildman–Crippen MR) is 130 cm³/mol. The number of fused-ring (bicyclic) bond motifs is 2. The molecule has 0 aliphatic heterocycles. The highest BCUT2D eigenvalue weighted by Gasteiger charge is 2.26. The van der Waals surface area contributed by atoms with Crippen LogP contribution in [0.1, 0.15) is 36.9 Å². The van der Waals surface area contributed by atoms with Crippen LogP contribution in [-0.2, 0) is 11.3 Å². The molecule has 8 heteroatoms. The highest BCUT2D eigenvalue weighted by atomic mass is 32.2. The lowest BCUT2D eigenvalue weighted by Gasteiger charge is -2.24. The summed E-state index contributed by atoms with van der Waals surface area (Å²) >= 11 is 1.46. The quantitative estimate of drug-likeness (QED) is 0.262. The van der Waals surface area contributed by atoms with Crippen LogP contribution in [0.4, 0.5) is 5.95 Å². The summed E-state index contributed by atoms with van der Waals surface area (Å²) in [5.41, 5.74) is 2.97. The van der Waals surface area contributed by atoms with Gasteiger partial charge in [-0.1, -0.05) is 42.1 Å². The predicted octanol–water partition coefficient (Wildman–Crippen LogP) is 5.87. The Kier molecular flexibility index (Phi) is 5.38. The summed E-state index contributed by atoms with van der Waals surface area (Å²) in [6, 6.07) is 17.3. The lowest BCUT2D eigenvalue weighted by molar-refractivity contribution is 0.0996. The van der Waals surface area contributed by atoms with Gasteiger partial charge in [-0.25, -0.2) is 15.0 Å². The Morgan fingerprint density at radius 3 is 2.55 bits per heavy atom. The highest BCUT2D eigenvalue weighted by Crippen LogP contribution is 2.33. The van der Waals surface area contributed by atoms with Gasteiger partial charge in [-0.05, 0) is 45.0 Å². The molecule has 7 nitrogen and oxygen atoms in total. The van der Waals surface area contributed by atoms with Crippen molar-refractivity contribution in [3.05, 3.63) is 78.3 Å². The first kappa shape index (κ1) is 21.2. The minimum absolute atomic E-state index is 0.271. The normalized spacial score (nSPS) is 11.8. The zero-order chi connectivity index (χ0) is 23.0. The molecule has 0 aliphatic rings. The molecule has 166 valence electrons. The molecule has 0 radical (unpaired) electrons. The van der Waals surface area contributed by atoms with Gasteiger partial charge in [0.25, 0.3) is 5.91 Å². The number of furan rings is 1. The van der Waals surface area contributed by atoms with E-state index < -0.39 is 0 Å². The third-order valence-corrected chi connectivity index (χ3v) is 6.15. The van der Waals surface area contributed by atoms with Crippen molar-refractivity contribution in [3.63, 3.8) is 0 Å². The zero-order valence-electron chi connectivity index (χ0n) is 18.6. The molecule has 5 rings (SSSR count). The van der Waals surface area contributed by atoms with Gasteiger partial charge in [-0.3, -0.25) is 10.1 Å². The van der Waals surface area contributed by atoms with Crippen LogP contribution in [0, 0.1) is 0 Å². The Morgan fingerprint density at radius 2 is 1.76 bits per heavy atom. The van der Waals surface area contributed by atoms with Crippen molar-refractivity contribution in [1.29, 1.82) is 0 Å². The summed E-state index contributed by atoms with van der Waals surface area (Å²) in [5.74, 6) is 0.919. The molecule has 3 heterocycles. The Bertz CT molecular complexity index is 1450. The van der Waals surface area contributed by atoms with E-state index >= 15 is 0 Å². The molecule has 3 aromatic heterocycles. The van der Waals surface area contributed by atoms with E-state index in [0.717, 1.165) is 22.0 Å². The fourth-order valence-electron chi connectivity index (χ4n) is 3.87. The first-order chi connectivity index (χ1) is 15.9. The van der Waals surface area contributed by atoms with Gasteiger partial charge < -0.3 is 8.98 Å². The van der Waals surface area contributed by atoms with Gasteiger partial charge in [0.15, 0.2) is 10.9 Å². The topological polar surface area (TPSA) is 85.8 Å². The van der Waals surface area contributed by atoms with Crippen molar-refractivity contribution in [1.82, 2.24) is 19.5 Å². The molecule has 0 saturated heterocycles. The molecule has 0 atom stereocenters. The van der Waals surface area contributed by atoms with Crippen LogP contribution < -0.4 is 5.32 Å². The smallest absolute Gasteiger partial charge is 0.294 e. The van der Waals surface area contributed by atoms with Crippen LogP contribution in [0.25, 0.3) is 22.0 Å². The number of aromatic nitrogens is 4. The number of anilines is 1. The summed E-state index contributed by atoms with van der Waals surface area (Å²) in [4.78, 5) is 26.7. The van der Waals surface area contributed by atoms with E-state index in [0.29, 0.717) is 22.4 Å². The van der Waals surface area contributed by atoms with Crippen molar-refractivity contribution in [2.45, 2.75) is 37.2 Å². The molecule has 1 amide bonds. The molecule has 0 unspecified atom stereocenters. The molecule has 0 fully saturated rings. The Balaban J connectivity index is 1.53. The number of carbonyl (C=O) groups is 1. The van der Waals surface area contributed by atoms with Gasteiger partial charge in [0.05, 0.1) is 11.0 Å². The lowest BCUT2D eigenvalue weighted by Crippen LogP contribution is -2.26. The maximum absolute atomic E-state index is 13.5. The van der Waals surface area contributed by atoms with Crippen LogP contribution in [0.2, 0.25) is 0 Å². The highest BCUT2D eigenvalue weighted by molar-refractivity contribution is 7.98. The van der Waals surface area contributed by atoms with E-state index in [2.05, 4.69) is 41.0 Å². The number of para-hydroxylation sites is 3. The molecule has 0 aliphatic carbocycles. The van der Waals surface area contributed by atoms with Crippen LogP contribution in [-0.4, -0.2) is 25.4 Å². The number of thioether (sulfide) groups is 1. The second kappa shape index (κ2) is 8.37. The van der Waals surface area contributed by atoms with Crippen molar-refractivity contribution in [2.75, 3.05) is 5.32 Å². The standard InChI is InChI=1S/C25H23N5O2S/c1-25(2,3)30-19-11-6-5-10-18(19)28-23(30)29-22(31)21-17(15-33-24-26-13-8-14-27-24)16-9-4-7-12-20(16)32-21/h4-14H,15H2,1-3H3,(H,28,29,31). The number of hydrogen-bond donors (Lipinski definition) is 1. The largest absolute Gasteiger partial charge is 0.451 e. The van der Waals surface area contributed by atoms with E-state index in [1.807, 2.05) is 53.1 Å². The van der Waals surface area contributed by atoms with Crippen molar-refractivity contribution in [3.8, 4) is 0 Å². The van der Waals surface area contributed by atoms with Gasteiger partial charge >= 0.3 is 0 Å². The number of amides is 1. The molecule has 0 bridgehead atoms. The summed E-state index contributed by atoms with van der Waals surface area (Å²) in [6.45, 7) is 6.25. The van der Waals surface area contributed by atoms with Crippen LogP contribution in [0.5, 0.6) is 0 Å². The van der Waals surface area contributed by atoms with Crippen LogP contribution in [0.3, 0.4) is 0 Å². The lowest BCUT2D eigenvalue weighted by atomic mass is 10.1. The molecule has 0 spiro atoms. The Labute approximate surface area is 195 Å². The molecule has 0 saturated carbocycles. The van der Waals surface area contributed by atoms with Crippen molar-refractivity contribution < 1.29 is 9.21 Å². The third-order valence-electron chi connectivity index (χ3n) is 5.25. The number of carbonyl (C=O) groups excluding carboxylic acids is 1. The first-order valence-electron chi connectivity index (χ1n) is 10.6. The van der Waals surface area contributed by atoms with Gasteiger partial charge in [0, 0.05) is 34.6 Å². The number of benzene rings is 2. The first-order valence-corrected chi connectivity index (χ1v) is 11.6. The molecular weight excluding hydrogens is 434 g/mol. The monoisotopic (exact) mass is 457 g/mol. The molecule has 2 aromatic carbocycles. The van der Waals surface area contributed by atoms with Gasteiger partial charge in [-0.2, -0.15) is 0 Å². The number of hydrogen-bond acceptors (Lipinski definition) is 6. The summed E-state index contributed by atoms with van der Waals surface area (Å²) in [7, 11) is 0. The minimum atomic E-state index is -0.336. The number of nitrogens with zero attached hydrogens (tertiary/aromatic N) is 4. The summed E-state index contributed by atoms with van der Waals surface area (Å²) < 4.78 is 8.05. The van der Waals surface area contributed by atoms with Gasteiger partial charge in [0.2, 0.25) is 5.95 Å². The number of imidazole rings is 1. The van der Waals surface area contributed by atoms with E-state index in [-0.39, 0.29) is 17.2 Å². The van der Waals surface area contributed by atoms with Crippen LogP contribution >= 0.6 is 11.8 Å². The van der Waals surface area contributed by atoms with Crippen molar-refractivity contribution >= 4 is 45.6 Å². The SMILES string of the molecule is CC(C)(C)n1c(NC(=O)c2oc3ccccc3c2CSc2ncccn2)nc2ccccc21. The maximum Gasteiger partial charge on any atom is 0.294 e. The van der Waals surface area contributed by atoms with Crippen LogP contribution in [0.15, 0.2) is 76.6 Å². The van der Waals surface area contributed by atoms with Gasteiger partial charge in [0.1, 0.15) is 5.58 Å². The summed E-state index contributed by atoms with van der Waals surface area (Å²) in [6.07, 6.45) is 3.40. The molecule has 1 N–H and O–H groups in total. The third kappa shape index (κ3) is 4.09. The summed E-state index contributed by atoms with van der Waals surface area (Å²) in [5, 5.41) is 4.54. The fraction of sp³-hybridized carbons (Fsp3) is 0.200. The zero-order valence-corrected chi connectivity index (χ0v) is 19.4. The Morgan fingerprint density at radius 1 is 1.03 bits per heavy atom. The second-order valence-electron chi connectivity index (χ2n) is 8.61. The molecule has 33 heavy (non-hydrogen) atoms. The maximum atomic E-state index is 13.5. The van der Waals surface area contributed by atoms with Gasteiger partial charge in [-0.15, -0.1) is 0 Å². The Hall–Kier alpha value is -3.65. The van der Waals surface area contributed by atoms with E-state index in [1.54, 1.807) is 18.5 Å². The number of rotatable bonds is 5. The second-order valence-corrected chi connectivity index (χ2v) is 9.55. The fourth-order valence-corrected chi connectivity index (χ4v) is 4.70. The average molecular weight is 458 g/mol. The average Bonchev–Trinajstić information content (AvgIpc) is 3.36.